The van der Waals surface area contributed by atoms with Gasteiger partial charge in [0, 0.05) is 5.69 Å². The predicted molar refractivity (Wildman–Crippen MR) is 88.5 cm³/mol. The summed E-state index contributed by atoms with van der Waals surface area (Å²) in [7, 11) is 0. The van der Waals surface area contributed by atoms with Crippen LogP contribution in [0, 0.1) is 0 Å². The maximum Gasteiger partial charge on any atom is 0.408 e. The lowest BCUT2D eigenvalue weighted by molar-refractivity contribution is 0.0512. The fourth-order valence-electron chi connectivity index (χ4n) is 2.17. The van der Waals surface area contributed by atoms with Crippen LogP contribution in [-0.2, 0) is 4.74 Å². The Labute approximate surface area is 131 Å². The highest BCUT2D eigenvalue weighted by Gasteiger charge is 2.21. The van der Waals surface area contributed by atoms with E-state index in [9.17, 15) is 4.79 Å². The van der Waals surface area contributed by atoms with Crippen LogP contribution in [0.15, 0.2) is 54.6 Å². The van der Waals surface area contributed by atoms with Gasteiger partial charge in [0.15, 0.2) is 0 Å². The molecule has 1 amide bonds. The quantitative estimate of drug-likeness (QED) is 0.845. The SMILES string of the molecule is CC(C)(C)OC(=O)NC(c1ccccc1)c1cccc(N)c1. The number of nitrogen functional groups attached to an aromatic ring is 1. The van der Waals surface area contributed by atoms with E-state index in [0.29, 0.717) is 5.69 Å². The van der Waals surface area contributed by atoms with Crippen molar-refractivity contribution in [3.05, 3.63) is 65.7 Å². The molecule has 0 spiro atoms. The van der Waals surface area contributed by atoms with E-state index in [1.165, 1.54) is 0 Å². The minimum absolute atomic E-state index is 0.306. The first-order valence-electron chi connectivity index (χ1n) is 7.25. The summed E-state index contributed by atoms with van der Waals surface area (Å²) in [6, 6.07) is 16.9. The molecule has 116 valence electrons. The number of benzene rings is 2. The van der Waals surface area contributed by atoms with E-state index in [1.54, 1.807) is 0 Å². The molecule has 4 heteroatoms. The van der Waals surface area contributed by atoms with Crippen LogP contribution in [0.2, 0.25) is 0 Å². The Morgan fingerprint density at radius 2 is 1.68 bits per heavy atom. The minimum Gasteiger partial charge on any atom is -0.444 e. The Morgan fingerprint density at radius 1 is 1.05 bits per heavy atom. The Balaban J connectivity index is 2.29. The van der Waals surface area contributed by atoms with E-state index in [0.717, 1.165) is 11.1 Å². The molecular formula is C18H22N2O2. The van der Waals surface area contributed by atoms with Gasteiger partial charge in [-0.15, -0.1) is 0 Å². The van der Waals surface area contributed by atoms with Crippen LogP contribution in [0.4, 0.5) is 10.5 Å². The summed E-state index contributed by atoms with van der Waals surface area (Å²) in [5.41, 5.74) is 7.86. The van der Waals surface area contributed by atoms with Crippen LogP contribution in [0.1, 0.15) is 37.9 Å². The summed E-state index contributed by atoms with van der Waals surface area (Å²) >= 11 is 0. The maximum atomic E-state index is 12.1. The molecule has 4 nitrogen and oxygen atoms in total. The minimum atomic E-state index is -0.541. The molecule has 0 aliphatic carbocycles. The number of rotatable bonds is 3. The van der Waals surface area contributed by atoms with Gasteiger partial charge in [0.2, 0.25) is 0 Å². The number of amides is 1. The average Bonchev–Trinajstić information content (AvgIpc) is 2.44. The molecule has 0 bridgehead atoms. The van der Waals surface area contributed by atoms with Gasteiger partial charge in [-0.25, -0.2) is 4.79 Å². The molecule has 0 aliphatic heterocycles. The smallest absolute Gasteiger partial charge is 0.408 e. The number of carbonyl (C=O) groups is 1. The highest BCUT2D eigenvalue weighted by atomic mass is 16.6. The van der Waals surface area contributed by atoms with Crippen LogP contribution in [-0.4, -0.2) is 11.7 Å². The van der Waals surface area contributed by atoms with Crippen LogP contribution < -0.4 is 11.1 Å². The van der Waals surface area contributed by atoms with Crippen molar-refractivity contribution in [1.29, 1.82) is 0 Å². The predicted octanol–water partition coefficient (Wildman–Crippen LogP) is 3.88. The highest BCUT2D eigenvalue weighted by molar-refractivity contribution is 5.69. The monoisotopic (exact) mass is 298 g/mol. The van der Waals surface area contributed by atoms with Gasteiger partial charge in [0.25, 0.3) is 0 Å². The van der Waals surface area contributed by atoms with E-state index in [4.69, 9.17) is 10.5 Å². The molecule has 0 saturated carbocycles. The molecule has 0 heterocycles. The van der Waals surface area contributed by atoms with Gasteiger partial charge >= 0.3 is 6.09 Å². The first-order valence-corrected chi connectivity index (χ1v) is 7.25. The number of nitrogens with two attached hydrogens (primary N) is 1. The van der Waals surface area contributed by atoms with Gasteiger partial charge in [0.1, 0.15) is 5.60 Å². The van der Waals surface area contributed by atoms with Gasteiger partial charge in [0.05, 0.1) is 6.04 Å². The van der Waals surface area contributed by atoms with Gasteiger partial charge in [-0.2, -0.15) is 0 Å². The maximum absolute atomic E-state index is 12.1. The summed E-state index contributed by atoms with van der Waals surface area (Å²) in [5.74, 6) is 0. The average molecular weight is 298 g/mol. The zero-order chi connectivity index (χ0) is 16.2. The van der Waals surface area contributed by atoms with Crippen LogP contribution in [0.3, 0.4) is 0 Å². The van der Waals surface area contributed by atoms with Crippen molar-refractivity contribution in [3.63, 3.8) is 0 Å². The van der Waals surface area contributed by atoms with Gasteiger partial charge in [-0.3, -0.25) is 0 Å². The number of hydrogen-bond acceptors (Lipinski definition) is 3. The Kier molecular flexibility index (Phi) is 4.71. The standard InChI is InChI=1S/C18H22N2O2/c1-18(2,3)22-17(21)20-16(13-8-5-4-6-9-13)14-10-7-11-15(19)12-14/h4-12,16H,19H2,1-3H3,(H,20,21). The Morgan fingerprint density at radius 3 is 2.27 bits per heavy atom. The first-order chi connectivity index (χ1) is 10.3. The summed E-state index contributed by atoms with van der Waals surface area (Å²) in [6.07, 6.45) is -0.455. The van der Waals surface area contributed by atoms with Gasteiger partial charge < -0.3 is 15.8 Å². The molecule has 0 aliphatic rings. The van der Waals surface area contributed by atoms with Crippen molar-refractivity contribution >= 4 is 11.8 Å². The molecule has 2 aromatic carbocycles. The molecule has 2 rings (SSSR count). The molecule has 0 aromatic heterocycles. The number of anilines is 1. The van der Waals surface area contributed by atoms with E-state index < -0.39 is 11.7 Å². The summed E-state index contributed by atoms with van der Waals surface area (Å²) < 4.78 is 5.36. The number of ether oxygens (including phenoxy) is 1. The first kappa shape index (κ1) is 15.9. The second kappa shape index (κ2) is 6.52. The zero-order valence-electron chi connectivity index (χ0n) is 13.2. The van der Waals surface area contributed by atoms with E-state index in [2.05, 4.69) is 5.32 Å². The number of nitrogens with one attached hydrogen (secondary N) is 1. The lowest BCUT2D eigenvalue weighted by Gasteiger charge is -2.24. The molecule has 0 saturated heterocycles. The number of hydrogen-bond donors (Lipinski definition) is 2. The van der Waals surface area contributed by atoms with Crippen molar-refractivity contribution in [3.8, 4) is 0 Å². The molecule has 0 fully saturated rings. The van der Waals surface area contributed by atoms with E-state index in [-0.39, 0.29) is 6.04 Å². The van der Waals surface area contributed by atoms with Crippen molar-refractivity contribution in [2.45, 2.75) is 32.4 Å². The fraction of sp³-hybridized carbons (Fsp3) is 0.278. The van der Waals surface area contributed by atoms with E-state index >= 15 is 0 Å². The molecule has 1 atom stereocenters. The molecular weight excluding hydrogens is 276 g/mol. The van der Waals surface area contributed by atoms with Crippen molar-refractivity contribution in [1.82, 2.24) is 5.32 Å². The topological polar surface area (TPSA) is 64.3 Å². The summed E-state index contributed by atoms with van der Waals surface area (Å²) in [4.78, 5) is 12.1. The normalized spacial score (nSPS) is 12.5. The fourth-order valence-corrected chi connectivity index (χ4v) is 2.17. The lowest BCUT2D eigenvalue weighted by Crippen LogP contribution is -2.35. The second-order valence-electron chi connectivity index (χ2n) is 6.16. The molecule has 2 aromatic rings. The molecule has 3 N–H and O–H groups in total. The third kappa shape index (κ3) is 4.52. The Bertz CT molecular complexity index is 633. The third-order valence-electron chi connectivity index (χ3n) is 3.04. The molecule has 22 heavy (non-hydrogen) atoms. The van der Waals surface area contributed by atoms with Crippen LogP contribution >= 0.6 is 0 Å². The molecule has 0 radical (unpaired) electrons. The van der Waals surface area contributed by atoms with E-state index in [1.807, 2.05) is 75.4 Å². The lowest BCUT2D eigenvalue weighted by atomic mass is 9.98. The second-order valence-corrected chi connectivity index (χ2v) is 6.16. The zero-order valence-corrected chi connectivity index (χ0v) is 13.2. The van der Waals surface area contributed by atoms with Crippen molar-refractivity contribution in [2.24, 2.45) is 0 Å². The summed E-state index contributed by atoms with van der Waals surface area (Å²) in [6.45, 7) is 5.51. The van der Waals surface area contributed by atoms with Crippen molar-refractivity contribution in [2.75, 3.05) is 5.73 Å². The van der Waals surface area contributed by atoms with Crippen molar-refractivity contribution < 1.29 is 9.53 Å². The largest absolute Gasteiger partial charge is 0.444 e. The van der Waals surface area contributed by atoms with Gasteiger partial charge in [-0.1, -0.05) is 42.5 Å². The highest BCUT2D eigenvalue weighted by Crippen LogP contribution is 2.24. The number of carbonyl (C=O) groups excluding carboxylic acids is 1. The van der Waals surface area contributed by atoms with Gasteiger partial charge in [-0.05, 0) is 44.0 Å². The number of alkyl carbamates (subject to hydrolysis) is 1. The summed E-state index contributed by atoms with van der Waals surface area (Å²) in [5, 5.41) is 2.92. The Hall–Kier alpha value is -2.49. The molecule has 1 unspecified atom stereocenters. The van der Waals surface area contributed by atoms with Crippen LogP contribution in [0.5, 0.6) is 0 Å². The third-order valence-corrected chi connectivity index (χ3v) is 3.04. The van der Waals surface area contributed by atoms with Crippen LogP contribution in [0.25, 0.3) is 0 Å².